The van der Waals surface area contributed by atoms with E-state index in [-0.39, 0.29) is 11.7 Å². The Morgan fingerprint density at radius 2 is 2.10 bits per heavy atom. The van der Waals surface area contributed by atoms with Crippen molar-refractivity contribution in [3.63, 3.8) is 0 Å². The van der Waals surface area contributed by atoms with E-state index in [2.05, 4.69) is 9.98 Å². The largest absolute Gasteiger partial charge is 0.480 e. The molecule has 1 saturated heterocycles. The molecule has 1 aromatic carbocycles. The molecule has 158 valence electrons. The van der Waals surface area contributed by atoms with Crippen LogP contribution in [0.3, 0.4) is 0 Å². The second-order valence-corrected chi connectivity index (χ2v) is 8.14. The minimum absolute atomic E-state index is 0.00261. The molecule has 2 aliphatic heterocycles. The van der Waals surface area contributed by atoms with Gasteiger partial charge in [-0.05, 0) is 50.0 Å². The number of fused-ring (bicyclic) bond motifs is 1. The smallest absolute Gasteiger partial charge is 0.229 e. The number of nitrogens with one attached hydrogen (secondary N) is 2. The summed E-state index contributed by atoms with van der Waals surface area (Å²) in [4.78, 5) is 20.6. The molecule has 1 aromatic heterocycles. The number of methoxy groups -OCH3 is 1. The lowest BCUT2D eigenvalue weighted by Crippen LogP contribution is -2.36. The first-order valence-electron chi connectivity index (χ1n) is 10.3. The Morgan fingerprint density at radius 1 is 1.33 bits per heavy atom. The summed E-state index contributed by atoms with van der Waals surface area (Å²) >= 11 is 0. The topological polar surface area (TPSA) is 108 Å². The van der Waals surface area contributed by atoms with Crippen molar-refractivity contribution in [2.24, 2.45) is 4.99 Å². The molecule has 0 spiro atoms. The first kappa shape index (κ1) is 20.5. The minimum Gasteiger partial charge on any atom is -0.480 e. The molecule has 0 bridgehead atoms. The number of hydrogen-bond donors (Lipinski definition) is 3. The van der Waals surface area contributed by atoms with E-state index in [1.165, 1.54) is 7.11 Å². The number of aromatic amines is 1. The summed E-state index contributed by atoms with van der Waals surface area (Å²) < 4.78 is 10.3. The maximum Gasteiger partial charge on any atom is 0.229 e. The molecule has 7 heteroatoms. The van der Waals surface area contributed by atoms with Crippen LogP contribution in [0.2, 0.25) is 0 Å². The van der Waals surface area contributed by atoms with E-state index >= 15 is 0 Å². The first-order valence-corrected chi connectivity index (χ1v) is 10.3. The fraction of sp³-hybridized carbons (Fsp3) is 0.435. The van der Waals surface area contributed by atoms with E-state index in [0.29, 0.717) is 56.7 Å². The SMILES string of the molecule is COC(=N)c1cc2cc(C3=C(C)CC(C(=O)CCC4(O)CCOCC4)=N3)ccc2[nH]1. The Hall–Kier alpha value is -2.77. The number of allylic oxidation sites excluding steroid dienone is 1. The van der Waals surface area contributed by atoms with Crippen molar-refractivity contribution in [2.75, 3.05) is 20.3 Å². The number of hydrogen-bond acceptors (Lipinski definition) is 6. The van der Waals surface area contributed by atoms with Crippen molar-refractivity contribution in [3.8, 4) is 0 Å². The fourth-order valence-electron chi connectivity index (χ4n) is 4.08. The van der Waals surface area contributed by atoms with Crippen molar-refractivity contribution >= 4 is 34.0 Å². The molecule has 0 saturated carbocycles. The number of carbonyl (C=O) groups excluding carboxylic acids is 1. The van der Waals surface area contributed by atoms with Crippen LogP contribution in [0, 0.1) is 5.41 Å². The van der Waals surface area contributed by atoms with E-state index in [9.17, 15) is 9.90 Å². The van der Waals surface area contributed by atoms with Gasteiger partial charge < -0.3 is 19.6 Å². The van der Waals surface area contributed by atoms with Crippen molar-refractivity contribution in [1.29, 1.82) is 5.41 Å². The highest BCUT2D eigenvalue weighted by molar-refractivity contribution is 6.42. The summed E-state index contributed by atoms with van der Waals surface area (Å²) in [6, 6.07) is 7.81. The van der Waals surface area contributed by atoms with Gasteiger partial charge in [-0.2, -0.15) is 0 Å². The lowest BCUT2D eigenvalue weighted by atomic mass is 9.88. The summed E-state index contributed by atoms with van der Waals surface area (Å²) in [7, 11) is 1.47. The van der Waals surface area contributed by atoms with Gasteiger partial charge in [0, 0.05) is 42.5 Å². The van der Waals surface area contributed by atoms with Gasteiger partial charge in [0.1, 0.15) is 5.69 Å². The van der Waals surface area contributed by atoms with Gasteiger partial charge in [0.15, 0.2) is 5.78 Å². The van der Waals surface area contributed by atoms with Crippen LogP contribution in [0.25, 0.3) is 16.6 Å². The Bertz CT molecular complexity index is 1060. The third-order valence-electron chi connectivity index (χ3n) is 5.99. The standard InChI is InChI=1S/C23H27N3O4/c1-14-11-18(20(27)5-6-23(28)7-9-30-10-8-23)26-21(14)15-3-4-17-16(12-15)13-19(25-17)22(24)29-2/h3-4,12-13,24-25,28H,5-11H2,1-2H3. The Balaban J connectivity index is 1.49. The van der Waals surface area contributed by atoms with Crippen LogP contribution in [0.5, 0.6) is 0 Å². The molecular weight excluding hydrogens is 382 g/mol. The van der Waals surface area contributed by atoms with E-state index in [0.717, 1.165) is 27.7 Å². The highest BCUT2D eigenvalue weighted by Crippen LogP contribution is 2.32. The van der Waals surface area contributed by atoms with Crippen LogP contribution in [0.15, 0.2) is 34.8 Å². The number of benzene rings is 1. The molecular formula is C23H27N3O4. The highest BCUT2D eigenvalue weighted by atomic mass is 16.5. The lowest BCUT2D eigenvalue weighted by Gasteiger charge is -2.31. The molecule has 3 N–H and O–H groups in total. The van der Waals surface area contributed by atoms with Crippen LogP contribution in [-0.2, 0) is 14.3 Å². The monoisotopic (exact) mass is 409 g/mol. The van der Waals surface area contributed by atoms with Gasteiger partial charge in [0.05, 0.1) is 24.1 Å². The third-order valence-corrected chi connectivity index (χ3v) is 5.99. The third kappa shape index (κ3) is 4.08. The number of aliphatic imine (C=N–C) groups is 1. The maximum atomic E-state index is 12.7. The molecule has 1 fully saturated rings. The zero-order valence-electron chi connectivity index (χ0n) is 17.4. The second kappa shape index (κ2) is 8.16. The van der Waals surface area contributed by atoms with Gasteiger partial charge in [-0.25, -0.2) is 4.99 Å². The maximum absolute atomic E-state index is 12.7. The molecule has 0 radical (unpaired) electrons. The first-order chi connectivity index (χ1) is 14.4. The van der Waals surface area contributed by atoms with E-state index < -0.39 is 5.60 Å². The predicted molar refractivity (Wildman–Crippen MR) is 116 cm³/mol. The normalized spacial score (nSPS) is 18.6. The van der Waals surface area contributed by atoms with Gasteiger partial charge in [0.25, 0.3) is 0 Å². The highest BCUT2D eigenvalue weighted by Gasteiger charge is 2.31. The summed E-state index contributed by atoms with van der Waals surface area (Å²) in [5, 5.41) is 19.4. The molecule has 30 heavy (non-hydrogen) atoms. The minimum atomic E-state index is -0.800. The van der Waals surface area contributed by atoms with Gasteiger partial charge >= 0.3 is 0 Å². The van der Waals surface area contributed by atoms with Gasteiger partial charge in [-0.15, -0.1) is 0 Å². The molecule has 7 nitrogen and oxygen atoms in total. The number of ketones is 1. The Kier molecular flexibility index (Phi) is 5.58. The van der Waals surface area contributed by atoms with Crippen molar-refractivity contribution < 1.29 is 19.4 Å². The molecule has 0 amide bonds. The Morgan fingerprint density at radius 3 is 2.83 bits per heavy atom. The number of ether oxygens (including phenoxy) is 2. The number of aromatic nitrogens is 1. The molecule has 0 aliphatic carbocycles. The summed E-state index contributed by atoms with van der Waals surface area (Å²) in [5.41, 5.74) is 4.13. The second-order valence-electron chi connectivity index (χ2n) is 8.14. The van der Waals surface area contributed by atoms with E-state index in [4.69, 9.17) is 14.9 Å². The number of aliphatic hydroxyl groups is 1. The number of H-pyrrole nitrogens is 1. The molecule has 0 unspecified atom stereocenters. The number of nitrogens with zero attached hydrogens (tertiary/aromatic N) is 1. The summed E-state index contributed by atoms with van der Waals surface area (Å²) in [5.74, 6) is 0.0870. The fourth-order valence-corrected chi connectivity index (χ4v) is 4.08. The zero-order valence-corrected chi connectivity index (χ0v) is 17.4. The molecule has 0 atom stereocenters. The molecule has 2 aliphatic rings. The average molecular weight is 409 g/mol. The van der Waals surface area contributed by atoms with Crippen molar-refractivity contribution in [2.45, 2.75) is 44.6 Å². The van der Waals surface area contributed by atoms with Crippen molar-refractivity contribution in [3.05, 3.63) is 41.1 Å². The number of Topliss-reactive ketones (excluding diaryl/α,β-unsaturated/α-hetero) is 1. The molecule has 2 aromatic rings. The van der Waals surface area contributed by atoms with Crippen LogP contribution in [0.1, 0.15) is 50.3 Å². The van der Waals surface area contributed by atoms with Crippen LogP contribution in [0.4, 0.5) is 0 Å². The summed E-state index contributed by atoms with van der Waals surface area (Å²) in [6.45, 7) is 3.09. The quantitative estimate of drug-likeness (QED) is 0.500. The number of rotatable bonds is 6. The van der Waals surface area contributed by atoms with E-state index in [1.807, 2.05) is 31.2 Å². The van der Waals surface area contributed by atoms with Gasteiger partial charge in [0.2, 0.25) is 5.90 Å². The van der Waals surface area contributed by atoms with Crippen LogP contribution in [-0.4, -0.2) is 53.4 Å². The van der Waals surface area contributed by atoms with Gasteiger partial charge in [-0.3, -0.25) is 10.2 Å². The van der Waals surface area contributed by atoms with Gasteiger partial charge in [-0.1, -0.05) is 6.07 Å². The Labute approximate surface area is 175 Å². The van der Waals surface area contributed by atoms with Crippen molar-refractivity contribution in [1.82, 2.24) is 4.98 Å². The van der Waals surface area contributed by atoms with Crippen LogP contribution >= 0.6 is 0 Å². The predicted octanol–water partition coefficient (Wildman–Crippen LogP) is 3.61. The lowest BCUT2D eigenvalue weighted by molar-refractivity contribution is -0.116. The summed E-state index contributed by atoms with van der Waals surface area (Å²) in [6.07, 6.45) is 2.45. The number of carbonyl (C=O) groups is 1. The van der Waals surface area contributed by atoms with Crippen LogP contribution < -0.4 is 0 Å². The van der Waals surface area contributed by atoms with E-state index in [1.54, 1.807) is 0 Å². The average Bonchev–Trinajstić information content (AvgIpc) is 3.35. The molecule has 4 rings (SSSR count). The zero-order chi connectivity index (χ0) is 21.3. The molecule has 3 heterocycles.